The molecule has 0 aliphatic heterocycles. The lowest BCUT2D eigenvalue weighted by atomic mass is 9.97. The van der Waals surface area contributed by atoms with Crippen LogP contribution in [0.15, 0.2) is 18.2 Å². The Kier molecular flexibility index (Phi) is 4.39. The van der Waals surface area contributed by atoms with Crippen molar-refractivity contribution >= 4 is 15.9 Å². The van der Waals surface area contributed by atoms with Gasteiger partial charge in [0, 0.05) is 10.9 Å². The molecule has 14 heavy (non-hydrogen) atoms. The lowest BCUT2D eigenvalue weighted by Crippen LogP contribution is -2.02. The number of methoxy groups -OCH3 is 1. The smallest absolute Gasteiger partial charge is 0.123 e. The molecular weight excluding hydrogens is 247 g/mol. The number of hydrogen-bond donors (Lipinski definition) is 0. The summed E-state index contributed by atoms with van der Waals surface area (Å²) >= 11 is 3.42. The van der Waals surface area contributed by atoms with Crippen LogP contribution in [0.3, 0.4) is 0 Å². The van der Waals surface area contributed by atoms with Crippen LogP contribution < -0.4 is 4.74 Å². The number of hydrogen-bond acceptors (Lipinski definition) is 1. The summed E-state index contributed by atoms with van der Waals surface area (Å²) in [6, 6.07) is 4.65. The molecule has 1 aromatic rings. The van der Waals surface area contributed by atoms with E-state index in [4.69, 9.17) is 4.74 Å². The summed E-state index contributed by atoms with van der Waals surface area (Å²) in [4.78, 5) is 0. The van der Waals surface area contributed by atoms with Crippen LogP contribution in [0.25, 0.3) is 0 Å². The third-order valence-corrected chi connectivity index (χ3v) is 3.09. The summed E-state index contributed by atoms with van der Waals surface area (Å²) in [5.41, 5.74) is 0.937. The van der Waals surface area contributed by atoms with Crippen LogP contribution in [-0.4, -0.2) is 12.4 Å². The third-order valence-electron chi connectivity index (χ3n) is 2.31. The van der Waals surface area contributed by atoms with Gasteiger partial charge in [-0.05, 0) is 30.5 Å². The maximum absolute atomic E-state index is 13.0. The Hall–Kier alpha value is -0.570. The summed E-state index contributed by atoms with van der Waals surface area (Å²) < 4.78 is 18.2. The average molecular weight is 261 g/mol. The van der Waals surface area contributed by atoms with Crippen molar-refractivity contribution in [1.82, 2.24) is 0 Å². The van der Waals surface area contributed by atoms with Crippen LogP contribution in [0.4, 0.5) is 4.39 Å². The number of ether oxygens (including phenoxy) is 1. The van der Waals surface area contributed by atoms with Gasteiger partial charge in [-0.3, -0.25) is 0 Å². The summed E-state index contributed by atoms with van der Waals surface area (Å²) in [7, 11) is 1.61. The number of benzene rings is 1. The zero-order valence-electron chi connectivity index (χ0n) is 8.39. The minimum Gasteiger partial charge on any atom is -0.496 e. The first-order valence-corrected chi connectivity index (χ1v) is 5.74. The normalized spacial score (nSPS) is 12.6. The van der Waals surface area contributed by atoms with Crippen molar-refractivity contribution in [2.24, 2.45) is 0 Å². The molecule has 0 radical (unpaired) electrons. The highest BCUT2D eigenvalue weighted by Gasteiger charge is 2.13. The highest BCUT2D eigenvalue weighted by molar-refractivity contribution is 9.09. The first kappa shape index (κ1) is 11.5. The molecule has 3 heteroatoms. The van der Waals surface area contributed by atoms with Gasteiger partial charge in [-0.2, -0.15) is 0 Å². The first-order chi connectivity index (χ1) is 6.72. The molecule has 1 atom stereocenters. The van der Waals surface area contributed by atoms with E-state index in [1.54, 1.807) is 19.2 Å². The van der Waals surface area contributed by atoms with Gasteiger partial charge in [-0.1, -0.05) is 22.9 Å². The number of alkyl halides is 1. The zero-order chi connectivity index (χ0) is 10.6. The molecule has 78 valence electrons. The fourth-order valence-electron chi connectivity index (χ4n) is 1.44. The monoisotopic (exact) mass is 260 g/mol. The fourth-order valence-corrected chi connectivity index (χ4v) is 2.24. The highest BCUT2D eigenvalue weighted by Crippen LogP contribution is 2.30. The topological polar surface area (TPSA) is 9.23 Å². The molecule has 0 N–H and O–H groups in total. The molecule has 0 amide bonds. The summed E-state index contributed by atoms with van der Waals surface area (Å²) in [5, 5.41) is 0.823. The molecule has 1 nitrogen and oxygen atoms in total. The van der Waals surface area contributed by atoms with Crippen LogP contribution >= 0.6 is 15.9 Å². The summed E-state index contributed by atoms with van der Waals surface area (Å²) in [6.45, 7) is 2.08. The van der Waals surface area contributed by atoms with Crippen LogP contribution in [0.5, 0.6) is 5.75 Å². The molecule has 0 saturated carbocycles. The highest BCUT2D eigenvalue weighted by atomic mass is 79.9. The maximum Gasteiger partial charge on any atom is 0.123 e. The lowest BCUT2D eigenvalue weighted by molar-refractivity contribution is 0.405. The van der Waals surface area contributed by atoms with E-state index < -0.39 is 0 Å². The second-order valence-corrected chi connectivity index (χ2v) is 3.79. The van der Waals surface area contributed by atoms with E-state index in [0.717, 1.165) is 23.1 Å². The standard InChI is InChI=1S/C11H14BrFO/c1-3-8(7-12)10-6-9(13)4-5-11(10)14-2/h4-6,8H,3,7H2,1-2H3. The Labute approximate surface area is 92.4 Å². The van der Waals surface area contributed by atoms with E-state index in [-0.39, 0.29) is 5.82 Å². The van der Waals surface area contributed by atoms with Crippen molar-refractivity contribution in [1.29, 1.82) is 0 Å². The third kappa shape index (κ3) is 2.47. The molecule has 1 aromatic carbocycles. The molecule has 0 aromatic heterocycles. The van der Waals surface area contributed by atoms with Gasteiger partial charge in [0.2, 0.25) is 0 Å². The molecule has 0 bridgehead atoms. The van der Waals surface area contributed by atoms with Gasteiger partial charge in [-0.15, -0.1) is 0 Å². The summed E-state index contributed by atoms with van der Waals surface area (Å²) in [6.07, 6.45) is 0.963. The second kappa shape index (κ2) is 5.35. The van der Waals surface area contributed by atoms with Crippen molar-refractivity contribution in [3.63, 3.8) is 0 Å². The molecule has 1 rings (SSSR count). The molecule has 0 aliphatic carbocycles. The van der Waals surface area contributed by atoms with E-state index in [1.165, 1.54) is 6.07 Å². The van der Waals surface area contributed by atoms with Crippen molar-refractivity contribution in [2.45, 2.75) is 19.3 Å². The Morgan fingerprint density at radius 2 is 2.21 bits per heavy atom. The van der Waals surface area contributed by atoms with Gasteiger partial charge >= 0.3 is 0 Å². The molecule has 0 heterocycles. The number of halogens is 2. The van der Waals surface area contributed by atoms with Crippen molar-refractivity contribution in [3.05, 3.63) is 29.6 Å². The largest absolute Gasteiger partial charge is 0.496 e. The second-order valence-electron chi connectivity index (χ2n) is 3.15. The average Bonchev–Trinajstić information content (AvgIpc) is 2.20. The van der Waals surface area contributed by atoms with Crippen molar-refractivity contribution < 1.29 is 9.13 Å². The van der Waals surface area contributed by atoms with Crippen LogP contribution in [0, 0.1) is 5.82 Å². The van der Waals surface area contributed by atoms with Crippen LogP contribution in [-0.2, 0) is 0 Å². The van der Waals surface area contributed by atoms with Crippen molar-refractivity contribution in [3.8, 4) is 5.75 Å². The van der Waals surface area contributed by atoms with E-state index in [0.29, 0.717) is 5.92 Å². The molecule has 0 aliphatic rings. The predicted octanol–water partition coefficient (Wildman–Crippen LogP) is 3.72. The van der Waals surface area contributed by atoms with Gasteiger partial charge in [0.05, 0.1) is 7.11 Å². The predicted molar refractivity (Wildman–Crippen MR) is 59.8 cm³/mol. The van der Waals surface area contributed by atoms with E-state index in [2.05, 4.69) is 22.9 Å². The Morgan fingerprint density at radius 1 is 1.50 bits per heavy atom. The van der Waals surface area contributed by atoms with E-state index in [1.807, 2.05) is 0 Å². The Balaban J connectivity index is 3.08. The fraction of sp³-hybridized carbons (Fsp3) is 0.455. The number of rotatable bonds is 4. The van der Waals surface area contributed by atoms with E-state index >= 15 is 0 Å². The Bertz CT molecular complexity index is 297. The van der Waals surface area contributed by atoms with Gasteiger partial charge in [0.25, 0.3) is 0 Å². The minimum atomic E-state index is -0.208. The molecule has 0 spiro atoms. The van der Waals surface area contributed by atoms with Gasteiger partial charge < -0.3 is 4.74 Å². The van der Waals surface area contributed by atoms with Crippen LogP contribution in [0.1, 0.15) is 24.8 Å². The molecular formula is C11H14BrFO. The SMILES string of the molecule is CCC(CBr)c1cc(F)ccc1OC. The molecule has 0 fully saturated rings. The summed E-state index contributed by atoms with van der Waals surface area (Å²) in [5.74, 6) is 0.860. The maximum atomic E-state index is 13.0. The van der Waals surface area contributed by atoms with Gasteiger partial charge in [-0.25, -0.2) is 4.39 Å². The van der Waals surface area contributed by atoms with Gasteiger partial charge in [0.15, 0.2) is 0 Å². The van der Waals surface area contributed by atoms with Crippen molar-refractivity contribution in [2.75, 3.05) is 12.4 Å². The van der Waals surface area contributed by atoms with E-state index in [9.17, 15) is 4.39 Å². The van der Waals surface area contributed by atoms with Crippen LogP contribution in [0.2, 0.25) is 0 Å². The van der Waals surface area contributed by atoms with Gasteiger partial charge in [0.1, 0.15) is 11.6 Å². The lowest BCUT2D eigenvalue weighted by Gasteiger charge is -2.15. The minimum absolute atomic E-state index is 0.208. The zero-order valence-corrected chi connectivity index (χ0v) is 9.97. The quantitative estimate of drug-likeness (QED) is 0.750. The molecule has 1 unspecified atom stereocenters. The Morgan fingerprint density at radius 3 is 2.71 bits per heavy atom. The molecule has 0 saturated heterocycles. The first-order valence-electron chi connectivity index (χ1n) is 4.62.